The van der Waals surface area contributed by atoms with Crippen LogP contribution in [0.3, 0.4) is 0 Å². The second kappa shape index (κ2) is 8.79. The maximum Gasteiger partial charge on any atom is 0.330 e. The van der Waals surface area contributed by atoms with Gasteiger partial charge >= 0.3 is 5.97 Å². The number of aryl methyl sites for hydroxylation is 1. The average molecular weight is 309 g/mol. The Morgan fingerprint density at radius 3 is 2.61 bits per heavy atom. The van der Waals surface area contributed by atoms with Crippen molar-refractivity contribution in [1.29, 1.82) is 0 Å². The fourth-order valence-electron chi connectivity index (χ4n) is 2.33. The molecule has 2 aromatic carbocycles. The van der Waals surface area contributed by atoms with Crippen LogP contribution in [-0.4, -0.2) is 25.7 Å². The molecule has 0 radical (unpaired) electrons. The summed E-state index contributed by atoms with van der Waals surface area (Å²) in [5.41, 5.74) is 3.37. The standard InChI is InChI=1S/C20H23NO2/c1-3-21(19-11-7-8-17(2)16-19)14-15-23-20(22)13-12-18-9-5-4-6-10-18/h4-13,16H,3,14-15H2,1-2H3/b13-12+. The molecule has 0 aliphatic heterocycles. The molecule has 0 atom stereocenters. The van der Waals surface area contributed by atoms with Gasteiger partial charge in [-0.3, -0.25) is 0 Å². The lowest BCUT2D eigenvalue weighted by Crippen LogP contribution is -2.27. The van der Waals surface area contributed by atoms with E-state index < -0.39 is 0 Å². The van der Waals surface area contributed by atoms with Gasteiger partial charge in [0, 0.05) is 18.3 Å². The maximum absolute atomic E-state index is 11.7. The molecule has 0 aliphatic carbocycles. The van der Waals surface area contributed by atoms with E-state index in [1.807, 2.05) is 36.4 Å². The molecule has 0 unspecified atom stereocenters. The Labute approximate surface area is 138 Å². The minimum atomic E-state index is -0.311. The van der Waals surface area contributed by atoms with Gasteiger partial charge in [-0.05, 0) is 43.2 Å². The summed E-state index contributed by atoms with van der Waals surface area (Å²) >= 11 is 0. The lowest BCUT2D eigenvalue weighted by Gasteiger charge is -2.23. The third kappa shape index (κ3) is 5.62. The van der Waals surface area contributed by atoms with Crippen LogP contribution < -0.4 is 4.90 Å². The van der Waals surface area contributed by atoms with Gasteiger partial charge in [0.2, 0.25) is 0 Å². The van der Waals surface area contributed by atoms with Crippen molar-refractivity contribution in [3.05, 3.63) is 71.8 Å². The lowest BCUT2D eigenvalue weighted by molar-refractivity contribution is -0.137. The van der Waals surface area contributed by atoms with Crippen LogP contribution in [-0.2, 0) is 9.53 Å². The molecule has 0 N–H and O–H groups in total. The minimum Gasteiger partial charge on any atom is -0.461 e. The SMILES string of the molecule is CCN(CCOC(=O)/C=C/c1ccccc1)c1cccc(C)c1. The van der Waals surface area contributed by atoms with Gasteiger partial charge in [-0.25, -0.2) is 4.79 Å². The van der Waals surface area contributed by atoms with Crippen LogP contribution in [0.4, 0.5) is 5.69 Å². The molecule has 0 saturated carbocycles. The topological polar surface area (TPSA) is 29.5 Å². The number of anilines is 1. The van der Waals surface area contributed by atoms with Gasteiger partial charge in [0.15, 0.2) is 0 Å². The molecule has 0 bridgehead atoms. The van der Waals surface area contributed by atoms with E-state index >= 15 is 0 Å². The molecule has 2 aromatic rings. The summed E-state index contributed by atoms with van der Waals surface area (Å²) in [6.07, 6.45) is 3.23. The Hall–Kier alpha value is -2.55. The van der Waals surface area contributed by atoms with Crippen LogP contribution in [0.25, 0.3) is 6.08 Å². The van der Waals surface area contributed by atoms with Crippen LogP contribution in [0, 0.1) is 6.92 Å². The molecular formula is C20H23NO2. The molecule has 3 heteroatoms. The maximum atomic E-state index is 11.7. The normalized spacial score (nSPS) is 10.7. The summed E-state index contributed by atoms with van der Waals surface area (Å²) < 4.78 is 5.28. The first-order valence-electron chi connectivity index (χ1n) is 7.90. The molecule has 3 nitrogen and oxygen atoms in total. The van der Waals surface area contributed by atoms with Crippen molar-refractivity contribution in [3.63, 3.8) is 0 Å². The fourth-order valence-corrected chi connectivity index (χ4v) is 2.33. The molecule has 0 spiro atoms. The number of ether oxygens (including phenoxy) is 1. The molecular weight excluding hydrogens is 286 g/mol. The summed E-state index contributed by atoms with van der Waals surface area (Å²) in [6, 6.07) is 18.0. The largest absolute Gasteiger partial charge is 0.461 e. The van der Waals surface area contributed by atoms with Gasteiger partial charge < -0.3 is 9.64 Å². The summed E-state index contributed by atoms with van der Waals surface area (Å²) in [5, 5.41) is 0. The molecule has 0 fully saturated rings. The molecule has 23 heavy (non-hydrogen) atoms. The van der Waals surface area contributed by atoms with Crippen molar-refractivity contribution < 1.29 is 9.53 Å². The van der Waals surface area contributed by atoms with Crippen LogP contribution >= 0.6 is 0 Å². The van der Waals surface area contributed by atoms with E-state index in [2.05, 4.69) is 36.9 Å². The average Bonchev–Trinajstić information content (AvgIpc) is 2.58. The molecule has 0 aromatic heterocycles. The molecule has 2 rings (SSSR count). The molecule has 0 heterocycles. The van der Waals surface area contributed by atoms with Crippen molar-refractivity contribution in [2.45, 2.75) is 13.8 Å². The highest BCUT2D eigenvalue weighted by Crippen LogP contribution is 2.15. The zero-order valence-corrected chi connectivity index (χ0v) is 13.7. The van der Waals surface area contributed by atoms with Gasteiger partial charge in [-0.2, -0.15) is 0 Å². The Morgan fingerprint density at radius 1 is 1.13 bits per heavy atom. The van der Waals surface area contributed by atoms with E-state index in [1.54, 1.807) is 6.08 Å². The molecule has 0 amide bonds. The Kier molecular flexibility index (Phi) is 6.42. The van der Waals surface area contributed by atoms with Crippen molar-refractivity contribution >= 4 is 17.7 Å². The van der Waals surface area contributed by atoms with Crippen molar-refractivity contribution in [2.75, 3.05) is 24.6 Å². The zero-order chi connectivity index (χ0) is 16.5. The van der Waals surface area contributed by atoms with E-state index in [0.29, 0.717) is 13.2 Å². The Balaban J connectivity index is 1.81. The second-order valence-corrected chi connectivity index (χ2v) is 5.33. The van der Waals surface area contributed by atoms with Crippen LogP contribution in [0.5, 0.6) is 0 Å². The number of nitrogens with zero attached hydrogens (tertiary/aromatic N) is 1. The van der Waals surface area contributed by atoms with Gasteiger partial charge in [-0.1, -0.05) is 42.5 Å². The highest BCUT2D eigenvalue weighted by Gasteiger charge is 2.05. The van der Waals surface area contributed by atoms with E-state index in [-0.39, 0.29) is 5.97 Å². The smallest absolute Gasteiger partial charge is 0.330 e. The highest BCUT2D eigenvalue weighted by atomic mass is 16.5. The second-order valence-electron chi connectivity index (χ2n) is 5.33. The summed E-state index contributed by atoms with van der Waals surface area (Å²) in [5.74, 6) is -0.311. The van der Waals surface area contributed by atoms with E-state index in [9.17, 15) is 4.79 Å². The zero-order valence-electron chi connectivity index (χ0n) is 13.7. The van der Waals surface area contributed by atoms with Crippen molar-refractivity contribution in [1.82, 2.24) is 0 Å². The molecule has 0 saturated heterocycles. The monoisotopic (exact) mass is 309 g/mol. The molecule has 0 aliphatic rings. The van der Waals surface area contributed by atoms with Gasteiger partial charge in [0.1, 0.15) is 6.61 Å². The number of hydrogen-bond donors (Lipinski definition) is 0. The first-order valence-corrected chi connectivity index (χ1v) is 7.90. The van der Waals surface area contributed by atoms with Crippen LogP contribution in [0.15, 0.2) is 60.7 Å². The number of esters is 1. The van der Waals surface area contributed by atoms with E-state index in [1.165, 1.54) is 11.6 Å². The number of rotatable bonds is 7. The minimum absolute atomic E-state index is 0.311. The molecule has 120 valence electrons. The number of benzene rings is 2. The number of carbonyl (C=O) groups is 1. The highest BCUT2D eigenvalue weighted by molar-refractivity contribution is 5.87. The number of hydrogen-bond acceptors (Lipinski definition) is 3. The third-order valence-electron chi connectivity index (χ3n) is 3.57. The van der Waals surface area contributed by atoms with Crippen molar-refractivity contribution in [3.8, 4) is 0 Å². The van der Waals surface area contributed by atoms with Crippen molar-refractivity contribution in [2.24, 2.45) is 0 Å². The Morgan fingerprint density at radius 2 is 1.91 bits per heavy atom. The lowest BCUT2D eigenvalue weighted by atomic mass is 10.2. The van der Waals surface area contributed by atoms with Crippen LogP contribution in [0.1, 0.15) is 18.1 Å². The number of carbonyl (C=O) groups excluding carboxylic acids is 1. The first kappa shape index (κ1) is 16.8. The van der Waals surface area contributed by atoms with Gasteiger partial charge in [0.05, 0.1) is 6.54 Å². The summed E-state index contributed by atoms with van der Waals surface area (Å²) in [6.45, 7) is 6.11. The van der Waals surface area contributed by atoms with Crippen LogP contribution in [0.2, 0.25) is 0 Å². The fraction of sp³-hybridized carbons (Fsp3) is 0.250. The predicted molar refractivity (Wildman–Crippen MR) is 95.5 cm³/mol. The van der Waals surface area contributed by atoms with Gasteiger partial charge in [-0.15, -0.1) is 0 Å². The quantitative estimate of drug-likeness (QED) is 0.570. The predicted octanol–water partition coefficient (Wildman–Crippen LogP) is 4.08. The third-order valence-corrected chi connectivity index (χ3v) is 3.57. The van der Waals surface area contributed by atoms with Gasteiger partial charge in [0.25, 0.3) is 0 Å². The summed E-state index contributed by atoms with van der Waals surface area (Å²) in [4.78, 5) is 13.9. The van der Waals surface area contributed by atoms with E-state index in [4.69, 9.17) is 4.74 Å². The first-order chi connectivity index (χ1) is 11.2. The Bertz CT molecular complexity index is 650. The van der Waals surface area contributed by atoms with E-state index in [0.717, 1.165) is 17.8 Å². The number of likely N-dealkylation sites (N-methyl/N-ethyl adjacent to an activating group) is 1. The summed E-state index contributed by atoms with van der Waals surface area (Å²) in [7, 11) is 0.